The number of hydrogen-bond donors (Lipinski definition) is 2. The van der Waals surface area contributed by atoms with Crippen molar-refractivity contribution in [3.63, 3.8) is 0 Å². The molecule has 0 saturated heterocycles. The average molecular weight is 378 g/mol. The van der Waals surface area contributed by atoms with E-state index in [4.69, 9.17) is 17.3 Å². The molecule has 4 rings (SSSR count). The molecule has 2 aromatic heterocycles. The molecule has 0 spiro atoms. The van der Waals surface area contributed by atoms with E-state index in [1.54, 1.807) is 17.5 Å². The van der Waals surface area contributed by atoms with Crippen LogP contribution in [0.4, 0.5) is 16.0 Å². The van der Waals surface area contributed by atoms with Crippen molar-refractivity contribution >= 4 is 40.5 Å². The zero-order chi connectivity index (χ0) is 17.6. The lowest BCUT2D eigenvalue weighted by atomic mass is 9.90. The molecule has 0 aliphatic carbocycles. The average Bonchev–Trinajstić information content (AvgIpc) is 3.19. The molecular weight excluding hydrogens is 365 g/mol. The summed E-state index contributed by atoms with van der Waals surface area (Å²) in [5, 5.41) is 9.19. The Morgan fingerprint density at radius 3 is 3.04 bits per heavy atom. The first-order chi connectivity index (χ1) is 12.0. The number of anilines is 2. The van der Waals surface area contributed by atoms with Gasteiger partial charge >= 0.3 is 0 Å². The molecule has 9 heteroatoms. The summed E-state index contributed by atoms with van der Waals surface area (Å²) < 4.78 is 15.3. The summed E-state index contributed by atoms with van der Waals surface area (Å²) in [6.07, 6.45) is 0.522. The molecule has 25 heavy (non-hydrogen) atoms. The number of nitrogens with one attached hydrogen (secondary N) is 1. The highest BCUT2D eigenvalue weighted by Crippen LogP contribution is 2.34. The minimum absolute atomic E-state index is 0.00110. The second-order valence-electron chi connectivity index (χ2n) is 5.68. The molecule has 6 nitrogen and oxygen atoms in total. The molecule has 3 N–H and O–H groups in total. The van der Waals surface area contributed by atoms with E-state index in [0.717, 1.165) is 10.4 Å². The summed E-state index contributed by atoms with van der Waals surface area (Å²) in [4.78, 5) is 17.1. The van der Waals surface area contributed by atoms with Gasteiger partial charge in [-0.2, -0.15) is 9.67 Å². The molecular formula is C16H13ClFN5OS. The van der Waals surface area contributed by atoms with E-state index in [1.165, 1.54) is 23.5 Å². The van der Waals surface area contributed by atoms with E-state index < -0.39 is 5.92 Å². The van der Waals surface area contributed by atoms with Gasteiger partial charge in [0.2, 0.25) is 5.95 Å². The van der Waals surface area contributed by atoms with Crippen molar-refractivity contribution in [1.82, 2.24) is 14.8 Å². The van der Waals surface area contributed by atoms with Crippen LogP contribution in [-0.4, -0.2) is 27.2 Å². The Kier molecular flexibility index (Phi) is 3.93. The van der Waals surface area contributed by atoms with Crippen LogP contribution in [0.25, 0.3) is 11.4 Å². The summed E-state index contributed by atoms with van der Waals surface area (Å²) in [6.45, 7) is 0.608. The summed E-state index contributed by atoms with van der Waals surface area (Å²) >= 11 is 7.27. The third-order valence-corrected chi connectivity index (χ3v) is 5.19. The van der Waals surface area contributed by atoms with Gasteiger partial charge in [-0.3, -0.25) is 4.79 Å². The monoisotopic (exact) mass is 377 g/mol. The second-order valence-corrected chi connectivity index (χ2v) is 7.23. The number of nitrogens with zero attached hydrogens (tertiary/aromatic N) is 3. The van der Waals surface area contributed by atoms with Crippen LogP contribution in [-0.2, 0) is 0 Å². The Morgan fingerprint density at radius 2 is 2.28 bits per heavy atom. The van der Waals surface area contributed by atoms with Gasteiger partial charge in [-0.05, 0) is 36.2 Å². The number of rotatable bonds is 2. The van der Waals surface area contributed by atoms with Crippen molar-refractivity contribution in [3.05, 3.63) is 45.4 Å². The van der Waals surface area contributed by atoms with Crippen molar-refractivity contribution < 1.29 is 9.18 Å². The normalized spacial score (nSPS) is 16.3. The number of nitrogens with two attached hydrogens (primary N) is 1. The van der Waals surface area contributed by atoms with Crippen molar-refractivity contribution in [2.75, 3.05) is 17.6 Å². The smallest absolute Gasteiger partial charge is 0.257 e. The lowest BCUT2D eigenvalue weighted by molar-refractivity contribution is 0.0859. The third kappa shape index (κ3) is 2.87. The fourth-order valence-electron chi connectivity index (χ4n) is 2.93. The van der Waals surface area contributed by atoms with Crippen molar-refractivity contribution in [1.29, 1.82) is 0 Å². The molecule has 0 radical (unpaired) electrons. The Hall–Kier alpha value is -2.45. The van der Waals surface area contributed by atoms with Gasteiger partial charge < -0.3 is 11.1 Å². The first-order valence-electron chi connectivity index (χ1n) is 7.57. The van der Waals surface area contributed by atoms with Gasteiger partial charge in [0.05, 0.1) is 10.3 Å². The number of hydrogen-bond acceptors (Lipinski definition) is 6. The van der Waals surface area contributed by atoms with E-state index in [1.807, 2.05) is 0 Å². The minimum Gasteiger partial charge on any atom is -0.385 e. The molecule has 0 bridgehead atoms. The number of benzene rings is 1. The van der Waals surface area contributed by atoms with Gasteiger partial charge in [0, 0.05) is 23.2 Å². The molecule has 1 unspecified atom stereocenters. The van der Waals surface area contributed by atoms with Crippen molar-refractivity contribution in [2.24, 2.45) is 0 Å². The topological polar surface area (TPSA) is 85.8 Å². The van der Waals surface area contributed by atoms with Crippen LogP contribution in [0.5, 0.6) is 0 Å². The van der Waals surface area contributed by atoms with Gasteiger partial charge in [-0.25, -0.2) is 4.39 Å². The summed E-state index contributed by atoms with van der Waals surface area (Å²) in [5.41, 5.74) is 7.94. The lowest BCUT2D eigenvalue weighted by Gasteiger charge is -2.25. The molecule has 3 aromatic rings. The highest BCUT2D eigenvalue weighted by Gasteiger charge is 2.30. The molecule has 0 amide bonds. The Bertz CT molecular complexity index is 969. The number of nitrogen functional groups attached to an aromatic ring is 1. The van der Waals surface area contributed by atoms with E-state index in [2.05, 4.69) is 15.4 Å². The first-order valence-corrected chi connectivity index (χ1v) is 8.83. The number of aromatic nitrogens is 3. The van der Waals surface area contributed by atoms with Gasteiger partial charge in [-0.1, -0.05) is 11.6 Å². The van der Waals surface area contributed by atoms with Gasteiger partial charge in [0.15, 0.2) is 5.82 Å². The second kappa shape index (κ2) is 6.12. The van der Waals surface area contributed by atoms with Crippen molar-refractivity contribution in [2.45, 2.75) is 12.3 Å². The van der Waals surface area contributed by atoms with Crippen LogP contribution in [0.2, 0.25) is 4.34 Å². The SMILES string of the molecule is Nc1nc(-c2csc(Cl)c2)nn1C(=O)C1CCNc2ccc(F)cc21. The summed E-state index contributed by atoms with van der Waals surface area (Å²) in [6, 6.07) is 6.08. The van der Waals surface area contributed by atoms with Crippen LogP contribution in [0.3, 0.4) is 0 Å². The van der Waals surface area contributed by atoms with Crippen LogP contribution < -0.4 is 11.1 Å². The molecule has 1 aliphatic rings. The molecule has 1 aliphatic heterocycles. The Morgan fingerprint density at radius 1 is 1.44 bits per heavy atom. The maximum Gasteiger partial charge on any atom is 0.257 e. The van der Waals surface area contributed by atoms with Crippen molar-refractivity contribution in [3.8, 4) is 11.4 Å². The first kappa shape index (κ1) is 16.0. The predicted molar refractivity (Wildman–Crippen MR) is 95.6 cm³/mol. The summed E-state index contributed by atoms with van der Waals surface area (Å²) in [7, 11) is 0. The molecule has 1 atom stereocenters. The number of halogens is 2. The number of carbonyl (C=O) groups excluding carboxylic acids is 1. The zero-order valence-electron chi connectivity index (χ0n) is 12.9. The Balaban J connectivity index is 1.71. The predicted octanol–water partition coefficient (Wildman–Crippen LogP) is 3.62. The maximum atomic E-state index is 13.6. The fraction of sp³-hybridized carbons (Fsp3) is 0.188. The van der Waals surface area contributed by atoms with E-state index in [-0.39, 0.29) is 17.7 Å². The highest BCUT2D eigenvalue weighted by atomic mass is 35.5. The summed E-state index contributed by atoms with van der Waals surface area (Å²) in [5.74, 6) is -0.914. The molecule has 1 aromatic carbocycles. The van der Waals surface area contributed by atoms with Gasteiger partial charge in [0.1, 0.15) is 5.82 Å². The van der Waals surface area contributed by atoms with E-state index in [9.17, 15) is 9.18 Å². The third-order valence-electron chi connectivity index (χ3n) is 4.10. The number of thiophene rings is 1. The fourth-order valence-corrected chi connectivity index (χ4v) is 3.79. The molecule has 0 saturated carbocycles. The van der Waals surface area contributed by atoms with E-state index >= 15 is 0 Å². The molecule has 128 valence electrons. The quantitative estimate of drug-likeness (QED) is 0.712. The van der Waals surface area contributed by atoms with Gasteiger partial charge in [0.25, 0.3) is 5.91 Å². The van der Waals surface area contributed by atoms with Crippen LogP contribution in [0, 0.1) is 5.82 Å². The molecule has 3 heterocycles. The van der Waals surface area contributed by atoms with E-state index in [0.29, 0.717) is 34.3 Å². The van der Waals surface area contributed by atoms with Gasteiger partial charge in [-0.15, -0.1) is 16.4 Å². The standard InChI is InChI=1S/C16H13ClFN5OS/c17-13-5-8(7-25-13)14-21-16(19)23(22-14)15(24)10-3-4-20-12-2-1-9(18)6-11(10)12/h1-2,5-7,10,20H,3-4H2,(H2,19,21,22). The Labute approximate surface area is 151 Å². The van der Waals surface area contributed by atoms with Crippen LogP contribution in [0.15, 0.2) is 29.6 Å². The minimum atomic E-state index is -0.533. The maximum absolute atomic E-state index is 13.6. The highest BCUT2D eigenvalue weighted by molar-refractivity contribution is 7.14. The van der Waals surface area contributed by atoms with Crippen LogP contribution in [0.1, 0.15) is 22.7 Å². The largest absolute Gasteiger partial charge is 0.385 e. The number of carbonyl (C=O) groups is 1. The lowest BCUT2D eigenvalue weighted by Crippen LogP contribution is -2.28. The molecule has 0 fully saturated rings. The zero-order valence-corrected chi connectivity index (χ0v) is 14.4. The number of fused-ring (bicyclic) bond motifs is 1. The van der Waals surface area contributed by atoms with Crippen LogP contribution >= 0.6 is 22.9 Å².